The van der Waals surface area contributed by atoms with Gasteiger partial charge < -0.3 is 10.0 Å². The summed E-state index contributed by atoms with van der Waals surface area (Å²) >= 11 is 0. The summed E-state index contributed by atoms with van der Waals surface area (Å²) in [6, 6.07) is 5.84. The van der Waals surface area contributed by atoms with Gasteiger partial charge >= 0.3 is 0 Å². The third-order valence-electron chi connectivity index (χ3n) is 4.71. The van der Waals surface area contributed by atoms with Crippen LogP contribution < -0.4 is 5.43 Å². The maximum Gasteiger partial charge on any atom is 0.276 e. The first-order chi connectivity index (χ1) is 11.9. The molecule has 0 unspecified atom stereocenters. The van der Waals surface area contributed by atoms with Crippen LogP contribution in [0.25, 0.3) is 0 Å². The van der Waals surface area contributed by atoms with Crippen LogP contribution in [0.15, 0.2) is 35.3 Å². The number of carbonyl (C=O) groups excluding carboxylic acids is 1. The van der Waals surface area contributed by atoms with Gasteiger partial charge in [0.2, 0.25) is 5.43 Å². The van der Waals surface area contributed by atoms with Crippen molar-refractivity contribution in [3.05, 3.63) is 57.8 Å². The molecule has 0 aliphatic carbocycles. The van der Waals surface area contributed by atoms with Crippen molar-refractivity contribution in [1.82, 2.24) is 14.7 Å². The fourth-order valence-corrected chi connectivity index (χ4v) is 3.10. The third kappa shape index (κ3) is 3.14. The number of rotatable bonds is 4. The Morgan fingerprint density at radius 2 is 2.00 bits per heavy atom. The van der Waals surface area contributed by atoms with Crippen LogP contribution in [0, 0.1) is 5.82 Å². The van der Waals surface area contributed by atoms with Gasteiger partial charge in [-0.1, -0.05) is 19.1 Å². The van der Waals surface area contributed by atoms with Crippen molar-refractivity contribution in [3.8, 4) is 5.75 Å². The first-order valence-electron chi connectivity index (χ1n) is 8.28. The van der Waals surface area contributed by atoms with E-state index >= 15 is 0 Å². The van der Waals surface area contributed by atoms with Gasteiger partial charge in [0.25, 0.3) is 5.91 Å². The van der Waals surface area contributed by atoms with Gasteiger partial charge in [-0.3, -0.25) is 14.3 Å². The van der Waals surface area contributed by atoms with E-state index < -0.39 is 17.1 Å². The minimum absolute atomic E-state index is 0.0355. The Labute approximate surface area is 144 Å². The average molecular weight is 345 g/mol. The van der Waals surface area contributed by atoms with Crippen LogP contribution in [0.3, 0.4) is 0 Å². The number of hydrogen-bond donors (Lipinski definition) is 1. The molecule has 0 saturated carbocycles. The van der Waals surface area contributed by atoms with Crippen molar-refractivity contribution in [2.75, 3.05) is 6.54 Å². The lowest BCUT2D eigenvalue weighted by atomic mass is 10.0. The Morgan fingerprint density at radius 3 is 2.64 bits per heavy atom. The van der Waals surface area contributed by atoms with Crippen LogP contribution in [-0.4, -0.2) is 38.3 Å². The highest BCUT2D eigenvalue weighted by molar-refractivity contribution is 5.95. The molecular formula is C18H20FN3O3. The van der Waals surface area contributed by atoms with Crippen molar-refractivity contribution in [2.45, 2.75) is 38.8 Å². The highest BCUT2D eigenvalue weighted by atomic mass is 19.1. The number of aromatic nitrogens is 2. The SMILES string of the molecule is CC[C@@H](C)N1C[C@@H](Cc2ccc(F)cc2)n2ncc(=O)c(O)c2C1=O. The van der Waals surface area contributed by atoms with Gasteiger partial charge in [0.1, 0.15) is 5.82 Å². The van der Waals surface area contributed by atoms with Crippen LogP contribution in [0.2, 0.25) is 0 Å². The Balaban J connectivity index is 2.04. The van der Waals surface area contributed by atoms with Crippen LogP contribution in [0.4, 0.5) is 4.39 Å². The number of hydrogen-bond acceptors (Lipinski definition) is 4. The summed E-state index contributed by atoms with van der Waals surface area (Å²) in [4.78, 5) is 26.2. The van der Waals surface area contributed by atoms with Crippen LogP contribution in [-0.2, 0) is 6.42 Å². The predicted octanol–water partition coefficient (Wildman–Crippen LogP) is 2.13. The van der Waals surface area contributed by atoms with Gasteiger partial charge in [0, 0.05) is 12.6 Å². The standard InChI is InChI=1S/C18H20FN3O3/c1-3-11(2)21-10-14(8-12-4-6-13(19)7-5-12)22-16(18(21)25)17(24)15(23)9-20-22/h4-7,9,11,14,24H,3,8,10H2,1-2H3/t11-,14-/m1/s1. The van der Waals surface area contributed by atoms with Gasteiger partial charge in [0.05, 0.1) is 12.2 Å². The highest BCUT2D eigenvalue weighted by Gasteiger charge is 2.36. The zero-order valence-corrected chi connectivity index (χ0v) is 14.1. The van der Waals surface area contributed by atoms with E-state index in [1.807, 2.05) is 13.8 Å². The van der Waals surface area contributed by atoms with Crippen LogP contribution >= 0.6 is 0 Å². The quantitative estimate of drug-likeness (QED) is 0.921. The number of fused-ring (bicyclic) bond motifs is 1. The zero-order valence-electron chi connectivity index (χ0n) is 14.1. The number of nitrogens with zero attached hydrogens (tertiary/aromatic N) is 3. The molecule has 0 saturated heterocycles. The summed E-state index contributed by atoms with van der Waals surface area (Å²) in [5, 5.41) is 14.2. The molecule has 1 aliphatic heterocycles. The maximum atomic E-state index is 13.1. The Bertz CT molecular complexity index is 848. The van der Waals surface area contributed by atoms with Crippen molar-refractivity contribution in [1.29, 1.82) is 0 Å². The fourth-order valence-electron chi connectivity index (χ4n) is 3.10. The number of aromatic hydroxyl groups is 1. The smallest absolute Gasteiger partial charge is 0.276 e. The predicted molar refractivity (Wildman–Crippen MR) is 90.1 cm³/mol. The zero-order chi connectivity index (χ0) is 18.1. The molecule has 2 heterocycles. The van der Waals surface area contributed by atoms with Gasteiger partial charge in [-0.25, -0.2) is 4.39 Å². The second-order valence-corrected chi connectivity index (χ2v) is 6.35. The highest BCUT2D eigenvalue weighted by Crippen LogP contribution is 2.28. The molecule has 0 spiro atoms. The Kier molecular flexibility index (Phi) is 4.57. The fraction of sp³-hybridized carbons (Fsp3) is 0.389. The number of carbonyl (C=O) groups is 1. The molecule has 25 heavy (non-hydrogen) atoms. The molecule has 0 fully saturated rings. The van der Waals surface area contributed by atoms with Gasteiger partial charge in [-0.05, 0) is 37.5 Å². The first kappa shape index (κ1) is 17.1. The largest absolute Gasteiger partial charge is 0.502 e. The van der Waals surface area contributed by atoms with Gasteiger partial charge in [0.15, 0.2) is 11.4 Å². The summed E-state index contributed by atoms with van der Waals surface area (Å²) in [6.07, 6.45) is 2.27. The molecule has 2 aromatic rings. The first-order valence-corrected chi connectivity index (χ1v) is 8.28. The Hall–Kier alpha value is -2.70. The van der Waals surface area contributed by atoms with Gasteiger partial charge in [-0.15, -0.1) is 0 Å². The molecule has 132 valence electrons. The lowest BCUT2D eigenvalue weighted by Crippen LogP contribution is -2.49. The normalized spacial score (nSPS) is 18.1. The van der Waals surface area contributed by atoms with E-state index in [1.165, 1.54) is 16.8 Å². The summed E-state index contributed by atoms with van der Waals surface area (Å²) < 4.78 is 14.5. The molecule has 3 rings (SSSR count). The molecule has 1 amide bonds. The molecule has 1 aliphatic rings. The van der Waals surface area contributed by atoms with E-state index in [0.29, 0.717) is 13.0 Å². The Morgan fingerprint density at radius 1 is 1.32 bits per heavy atom. The van der Waals surface area contributed by atoms with E-state index in [-0.39, 0.29) is 23.6 Å². The van der Waals surface area contributed by atoms with E-state index in [2.05, 4.69) is 5.10 Å². The van der Waals surface area contributed by atoms with Crippen molar-refractivity contribution in [3.63, 3.8) is 0 Å². The molecule has 2 atom stereocenters. The maximum absolute atomic E-state index is 13.1. The lowest BCUT2D eigenvalue weighted by Gasteiger charge is -2.38. The van der Waals surface area contributed by atoms with E-state index in [0.717, 1.165) is 18.2 Å². The number of halogens is 1. The molecule has 1 aromatic carbocycles. The van der Waals surface area contributed by atoms with Gasteiger partial charge in [-0.2, -0.15) is 5.10 Å². The molecule has 0 radical (unpaired) electrons. The van der Waals surface area contributed by atoms with E-state index in [9.17, 15) is 19.1 Å². The summed E-state index contributed by atoms with van der Waals surface area (Å²) in [5.74, 6) is -1.28. The second kappa shape index (κ2) is 6.66. The number of amides is 1. The molecule has 1 N–H and O–H groups in total. The number of benzene rings is 1. The molecule has 7 heteroatoms. The average Bonchev–Trinajstić information content (AvgIpc) is 2.61. The van der Waals surface area contributed by atoms with E-state index in [1.54, 1.807) is 17.0 Å². The molecule has 6 nitrogen and oxygen atoms in total. The summed E-state index contributed by atoms with van der Waals surface area (Å²) in [5.41, 5.74) is 0.132. The topological polar surface area (TPSA) is 75.4 Å². The third-order valence-corrected chi connectivity index (χ3v) is 4.71. The lowest BCUT2D eigenvalue weighted by molar-refractivity contribution is 0.0560. The van der Waals surface area contributed by atoms with E-state index in [4.69, 9.17) is 0 Å². The molecule has 1 aromatic heterocycles. The summed E-state index contributed by atoms with van der Waals surface area (Å²) in [7, 11) is 0. The summed E-state index contributed by atoms with van der Waals surface area (Å²) in [6.45, 7) is 4.30. The van der Waals surface area contributed by atoms with Crippen molar-refractivity contribution < 1.29 is 14.3 Å². The van der Waals surface area contributed by atoms with Crippen LogP contribution in [0.1, 0.15) is 42.4 Å². The molecular weight excluding hydrogens is 325 g/mol. The van der Waals surface area contributed by atoms with Crippen molar-refractivity contribution in [2.24, 2.45) is 0 Å². The monoisotopic (exact) mass is 345 g/mol. The minimum Gasteiger partial charge on any atom is -0.502 e. The molecule has 0 bridgehead atoms. The second-order valence-electron chi connectivity index (χ2n) is 6.35. The van der Waals surface area contributed by atoms with Crippen molar-refractivity contribution >= 4 is 5.91 Å². The minimum atomic E-state index is -0.675. The van der Waals surface area contributed by atoms with Crippen LogP contribution in [0.5, 0.6) is 5.75 Å².